The van der Waals surface area contributed by atoms with Gasteiger partial charge in [0.05, 0.1) is 17.2 Å². The van der Waals surface area contributed by atoms with E-state index >= 15 is 0 Å². The maximum atomic E-state index is 10.8. The van der Waals surface area contributed by atoms with Crippen LogP contribution in [0.4, 0.5) is 0 Å². The minimum absolute atomic E-state index is 0.135. The van der Waals surface area contributed by atoms with Crippen LogP contribution >= 0.6 is 0 Å². The van der Waals surface area contributed by atoms with Gasteiger partial charge in [-0.25, -0.2) is 4.79 Å². The lowest BCUT2D eigenvalue weighted by Crippen LogP contribution is -1.98. The lowest BCUT2D eigenvalue weighted by atomic mass is 10.1. The van der Waals surface area contributed by atoms with Crippen LogP contribution in [-0.4, -0.2) is 16.2 Å². The average Bonchev–Trinajstić information content (AvgIpc) is 2.78. The second-order valence-corrected chi connectivity index (χ2v) is 3.07. The number of hydrogen-bond donors (Lipinski definition) is 1. The fourth-order valence-corrected chi connectivity index (χ4v) is 1.32. The van der Waals surface area contributed by atoms with Crippen molar-refractivity contribution in [1.82, 2.24) is 5.16 Å². The second-order valence-electron chi connectivity index (χ2n) is 3.07. The van der Waals surface area contributed by atoms with Gasteiger partial charge in [-0.15, -0.1) is 0 Å². The first-order valence-electron chi connectivity index (χ1n) is 4.40. The molecule has 0 aliphatic heterocycles. The fourth-order valence-electron chi connectivity index (χ4n) is 1.32. The smallest absolute Gasteiger partial charge is 0.358 e. The monoisotopic (exact) mass is 214 g/mol. The van der Waals surface area contributed by atoms with E-state index in [2.05, 4.69) is 9.68 Å². The van der Waals surface area contributed by atoms with Gasteiger partial charge in [-0.3, -0.25) is 0 Å². The van der Waals surface area contributed by atoms with E-state index in [1.165, 1.54) is 6.26 Å². The molecule has 78 valence electrons. The fraction of sp³-hybridized carbons (Fsp3) is 0. The third kappa shape index (κ3) is 1.64. The Labute approximate surface area is 90.5 Å². The zero-order chi connectivity index (χ0) is 11.5. The van der Waals surface area contributed by atoms with Crippen molar-refractivity contribution in [2.24, 2.45) is 0 Å². The predicted octanol–water partition coefficient (Wildman–Crippen LogP) is 1.91. The van der Waals surface area contributed by atoms with E-state index in [4.69, 9.17) is 10.4 Å². The van der Waals surface area contributed by atoms with Crippen LogP contribution in [-0.2, 0) is 0 Å². The van der Waals surface area contributed by atoms with Crippen LogP contribution in [0.2, 0.25) is 0 Å². The molecule has 0 fully saturated rings. The highest BCUT2D eigenvalue weighted by Crippen LogP contribution is 2.23. The number of carboxylic acid groups (broad SMARTS) is 1. The highest BCUT2D eigenvalue weighted by molar-refractivity contribution is 5.93. The van der Waals surface area contributed by atoms with Gasteiger partial charge < -0.3 is 9.63 Å². The van der Waals surface area contributed by atoms with Gasteiger partial charge in [-0.05, 0) is 17.7 Å². The molecule has 0 unspecified atom stereocenters. The molecule has 0 amide bonds. The van der Waals surface area contributed by atoms with Gasteiger partial charge in [0.2, 0.25) is 0 Å². The molecule has 2 aromatic rings. The molecule has 1 aromatic heterocycles. The third-order valence-electron chi connectivity index (χ3n) is 2.10. The SMILES string of the molecule is N#Cc1ccc(-c2conc2C(=O)O)cc1. The van der Waals surface area contributed by atoms with Crippen molar-refractivity contribution in [3.8, 4) is 17.2 Å². The van der Waals surface area contributed by atoms with E-state index in [-0.39, 0.29) is 5.69 Å². The van der Waals surface area contributed by atoms with Crippen molar-refractivity contribution in [3.05, 3.63) is 41.8 Å². The minimum atomic E-state index is -1.15. The van der Waals surface area contributed by atoms with E-state index in [0.717, 1.165) is 0 Å². The number of carboxylic acids is 1. The molecular weight excluding hydrogens is 208 g/mol. The van der Waals surface area contributed by atoms with E-state index in [1.807, 2.05) is 6.07 Å². The number of aromatic nitrogens is 1. The molecule has 16 heavy (non-hydrogen) atoms. The van der Waals surface area contributed by atoms with Crippen molar-refractivity contribution in [2.45, 2.75) is 0 Å². The molecule has 0 radical (unpaired) electrons. The van der Waals surface area contributed by atoms with Gasteiger partial charge in [0.15, 0.2) is 5.69 Å². The van der Waals surface area contributed by atoms with Gasteiger partial charge in [0.25, 0.3) is 0 Å². The highest BCUT2D eigenvalue weighted by Gasteiger charge is 2.16. The summed E-state index contributed by atoms with van der Waals surface area (Å²) in [6, 6.07) is 8.49. The lowest BCUT2D eigenvalue weighted by molar-refractivity contribution is 0.0686. The summed E-state index contributed by atoms with van der Waals surface area (Å²) in [5, 5.41) is 20.9. The Kier molecular flexibility index (Phi) is 2.40. The normalized spacial score (nSPS) is 9.69. The molecule has 1 heterocycles. The van der Waals surface area contributed by atoms with E-state index in [9.17, 15) is 4.79 Å². The molecule has 2 rings (SSSR count). The van der Waals surface area contributed by atoms with Gasteiger partial charge >= 0.3 is 5.97 Å². The molecule has 5 heteroatoms. The Bertz CT molecular complexity index is 564. The molecule has 0 aliphatic carbocycles. The Morgan fingerprint density at radius 2 is 2.06 bits per heavy atom. The van der Waals surface area contributed by atoms with Crippen LogP contribution in [0.25, 0.3) is 11.1 Å². The number of rotatable bonds is 2. The Balaban J connectivity index is 2.47. The lowest BCUT2D eigenvalue weighted by Gasteiger charge is -1.97. The van der Waals surface area contributed by atoms with Crippen molar-refractivity contribution in [1.29, 1.82) is 5.26 Å². The third-order valence-corrected chi connectivity index (χ3v) is 2.10. The number of hydrogen-bond acceptors (Lipinski definition) is 4. The van der Waals surface area contributed by atoms with Gasteiger partial charge in [-0.2, -0.15) is 5.26 Å². The highest BCUT2D eigenvalue weighted by atomic mass is 16.5. The van der Waals surface area contributed by atoms with Crippen LogP contribution < -0.4 is 0 Å². The number of benzene rings is 1. The van der Waals surface area contributed by atoms with Gasteiger partial charge in [0, 0.05) is 0 Å². The average molecular weight is 214 g/mol. The van der Waals surface area contributed by atoms with Crippen molar-refractivity contribution in [3.63, 3.8) is 0 Å². The topological polar surface area (TPSA) is 87.1 Å². The zero-order valence-corrected chi connectivity index (χ0v) is 8.04. The summed E-state index contributed by atoms with van der Waals surface area (Å²) in [4.78, 5) is 10.8. The van der Waals surface area contributed by atoms with E-state index in [1.54, 1.807) is 24.3 Å². The van der Waals surface area contributed by atoms with Crippen molar-refractivity contribution < 1.29 is 14.4 Å². The molecule has 0 saturated heterocycles. The molecule has 0 spiro atoms. The number of nitrogens with zero attached hydrogens (tertiary/aromatic N) is 2. The molecule has 1 aromatic carbocycles. The minimum Gasteiger partial charge on any atom is -0.476 e. The Hall–Kier alpha value is -2.61. The van der Waals surface area contributed by atoms with Crippen LogP contribution in [0.5, 0.6) is 0 Å². The summed E-state index contributed by atoms with van der Waals surface area (Å²) in [6.45, 7) is 0. The van der Waals surface area contributed by atoms with E-state index in [0.29, 0.717) is 16.7 Å². The molecule has 5 nitrogen and oxygen atoms in total. The summed E-state index contributed by atoms with van der Waals surface area (Å²) < 4.78 is 4.62. The number of nitriles is 1. The largest absolute Gasteiger partial charge is 0.476 e. The summed E-state index contributed by atoms with van der Waals surface area (Å²) in [7, 11) is 0. The number of aromatic carboxylic acids is 1. The van der Waals surface area contributed by atoms with Crippen molar-refractivity contribution >= 4 is 5.97 Å². The molecule has 0 saturated carbocycles. The molecule has 0 bridgehead atoms. The molecule has 0 atom stereocenters. The van der Waals surface area contributed by atoms with Crippen LogP contribution in [0.1, 0.15) is 16.1 Å². The Morgan fingerprint density at radius 3 is 2.62 bits per heavy atom. The Morgan fingerprint density at radius 1 is 1.38 bits per heavy atom. The summed E-state index contributed by atoms with van der Waals surface area (Å²) in [5.74, 6) is -1.15. The quantitative estimate of drug-likeness (QED) is 0.824. The standard InChI is InChI=1S/C11H6N2O3/c12-5-7-1-3-8(4-2-7)9-6-16-13-10(9)11(14)15/h1-4,6H,(H,14,15). The predicted molar refractivity (Wildman–Crippen MR) is 53.6 cm³/mol. The second kappa shape index (κ2) is 3.87. The molecular formula is C11H6N2O3. The first-order valence-corrected chi connectivity index (χ1v) is 4.40. The van der Waals surface area contributed by atoms with Crippen LogP contribution in [0.3, 0.4) is 0 Å². The van der Waals surface area contributed by atoms with Crippen molar-refractivity contribution in [2.75, 3.05) is 0 Å². The first kappa shape index (κ1) is 9.93. The molecule has 0 aliphatic rings. The van der Waals surface area contributed by atoms with Gasteiger partial charge in [-0.1, -0.05) is 17.3 Å². The summed E-state index contributed by atoms with van der Waals surface area (Å²) >= 11 is 0. The van der Waals surface area contributed by atoms with Crippen LogP contribution in [0, 0.1) is 11.3 Å². The summed E-state index contributed by atoms with van der Waals surface area (Å²) in [5.41, 5.74) is 1.43. The van der Waals surface area contributed by atoms with Crippen LogP contribution in [0.15, 0.2) is 35.1 Å². The zero-order valence-electron chi connectivity index (χ0n) is 8.04. The summed E-state index contributed by atoms with van der Waals surface area (Å²) in [6.07, 6.45) is 1.27. The maximum Gasteiger partial charge on any atom is 0.358 e. The number of carbonyl (C=O) groups is 1. The first-order chi connectivity index (χ1) is 7.72. The molecule has 1 N–H and O–H groups in total. The maximum absolute atomic E-state index is 10.8. The van der Waals surface area contributed by atoms with E-state index < -0.39 is 5.97 Å². The van der Waals surface area contributed by atoms with Gasteiger partial charge in [0.1, 0.15) is 6.26 Å².